The summed E-state index contributed by atoms with van der Waals surface area (Å²) in [5.74, 6) is 0. The minimum atomic E-state index is -4.13. The lowest BCUT2D eigenvalue weighted by Crippen LogP contribution is -2.48. The van der Waals surface area contributed by atoms with Gasteiger partial charge < -0.3 is 10.3 Å². The minimum absolute atomic E-state index is 0.447. The van der Waals surface area contributed by atoms with Crippen molar-refractivity contribution in [2.45, 2.75) is 19.1 Å². The normalized spacial score (nSPS) is 16.9. The molecule has 186 valence electrons. The van der Waals surface area contributed by atoms with Crippen LogP contribution in [0.2, 0.25) is 0 Å². The van der Waals surface area contributed by atoms with E-state index >= 15 is 0 Å². The molecule has 8 heteroatoms. The molecule has 2 aromatic heterocycles. The maximum atomic E-state index is 12.6. The number of hydrogen-bond donors (Lipinski definition) is 2. The molecule has 0 unspecified atom stereocenters. The van der Waals surface area contributed by atoms with Crippen molar-refractivity contribution in [3.8, 4) is 22.3 Å². The number of aromatic nitrogens is 2. The number of H-pyrrole nitrogens is 1. The molecule has 2 aliphatic rings. The molecule has 6 rings (SSSR count). The fourth-order valence-corrected chi connectivity index (χ4v) is 5.29. The van der Waals surface area contributed by atoms with Crippen LogP contribution in [0.3, 0.4) is 0 Å². The molecule has 5 nitrogen and oxygen atoms in total. The largest absolute Gasteiger partial charge is 0.401 e. The average molecular weight is 492 g/mol. The quantitative estimate of drug-likeness (QED) is 0.385. The Balaban J connectivity index is 1.16. The second-order valence-electron chi connectivity index (χ2n) is 9.74. The molecule has 0 radical (unpaired) electrons. The van der Waals surface area contributed by atoms with Gasteiger partial charge in [0.05, 0.1) is 6.54 Å². The van der Waals surface area contributed by atoms with Crippen LogP contribution in [-0.4, -0.2) is 65.2 Å². The highest BCUT2D eigenvalue weighted by molar-refractivity contribution is 5.96. The first-order valence-corrected chi connectivity index (χ1v) is 12.4. The van der Waals surface area contributed by atoms with Crippen molar-refractivity contribution in [2.75, 3.05) is 44.6 Å². The van der Waals surface area contributed by atoms with Crippen LogP contribution in [0.25, 0.3) is 33.3 Å². The number of fused-ring (bicyclic) bond motifs is 2. The lowest BCUT2D eigenvalue weighted by atomic mass is 9.99. The number of benzene rings is 2. The summed E-state index contributed by atoms with van der Waals surface area (Å²) >= 11 is 0. The topological polar surface area (TPSA) is 47.2 Å². The van der Waals surface area contributed by atoms with Crippen molar-refractivity contribution in [3.05, 3.63) is 72.1 Å². The van der Waals surface area contributed by atoms with E-state index < -0.39 is 12.7 Å². The summed E-state index contributed by atoms with van der Waals surface area (Å²) in [6.45, 7) is 3.10. The van der Waals surface area contributed by atoms with Crippen LogP contribution in [0, 0.1) is 0 Å². The van der Waals surface area contributed by atoms with E-state index in [1.807, 2.05) is 12.4 Å². The number of nitrogens with one attached hydrogen (secondary N) is 2. The van der Waals surface area contributed by atoms with Crippen LogP contribution in [0.5, 0.6) is 0 Å². The molecule has 1 fully saturated rings. The van der Waals surface area contributed by atoms with Crippen molar-refractivity contribution >= 4 is 16.7 Å². The van der Waals surface area contributed by atoms with Gasteiger partial charge in [0.2, 0.25) is 0 Å². The van der Waals surface area contributed by atoms with E-state index in [9.17, 15) is 13.2 Å². The number of hydrogen-bond acceptors (Lipinski definition) is 4. The Kier molecular flexibility index (Phi) is 5.93. The van der Waals surface area contributed by atoms with Crippen LogP contribution in [-0.2, 0) is 13.0 Å². The van der Waals surface area contributed by atoms with Gasteiger partial charge in [-0.05, 0) is 46.9 Å². The third kappa shape index (κ3) is 4.83. The van der Waals surface area contributed by atoms with Crippen LogP contribution in [0.15, 0.2) is 60.9 Å². The number of rotatable bonds is 5. The predicted molar refractivity (Wildman–Crippen MR) is 137 cm³/mol. The van der Waals surface area contributed by atoms with E-state index in [2.05, 4.69) is 68.7 Å². The Bertz CT molecular complexity index is 1370. The third-order valence-electron chi connectivity index (χ3n) is 7.22. The fraction of sp³-hybridized carbons (Fsp3) is 0.321. The van der Waals surface area contributed by atoms with E-state index in [1.165, 1.54) is 21.7 Å². The van der Waals surface area contributed by atoms with E-state index in [0.717, 1.165) is 52.8 Å². The first-order valence-electron chi connectivity index (χ1n) is 12.4. The van der Waals surface area contributed by atoms with Crippen molar-refractivity contribution in [2.24, 2.45) is 0 Å². The Hall–Kier alpha value is -3.36. The first kappa shape index (κ1) is 23.1. The Morgan fingerprint density at radius 3 is 2.39 bits per heavy atom. The zero-order valence-electron chi connectivity index (χ0n) is 19.9. The standard InChI is InChI=1S/C28H28F3N5/c29-28(30,31)18-36-11-9-35(10-12-36)17-19-1-3-20(4-2-19)23-14-24-25(16-34-27(24)33-15-23)21-5-6-26-22(13-21)7-8-32-26/h1-6,13-16,32H,7-12,17-18H2,(H,33,34). The molecule has 0 aliphatic carbocycles. The Morgan fingerprint density at radius 1 is 0.861 bits per heavy atom. The number of piperazine rings is 1. The highest BCUT2D eigenvalue weighted by Gasteiger charge is 2.32. The molecule has 0 saturated carbocycles. The smallest absolute Gasteiger partial charge is 0.384 e. The Labute approximate surface area is 207 Å². The molecule has 1 saturated heterocycles. The summed E-state index contributed by atoms with van der Waals surface area (Å²) in [5, 5.41) is 4.51. The van der Waals surface area contributed by atoms with Gasteiger partial charge in [0, 0.05) is 73.9 Å². The van der Waals surface area contributed by atoms with E-state index in [0.29, 0.717) is 26.2 Å². The number of nitrogens with zero attached hydrogens (tertiary/aromatic N) is 3. The highest BCUT2D eigenvalue weighted by atomic mass is 19.4. The lowest BCUT2D eigenvalue weighted by Gasteiger charge is -2.35. The van der Waals surface area contributed by atoms with E-state index in [-0.39, 0.29) is 0 Å². The molecule has 0 amide bonds. The summed E-state index contributed by atoms with van der Waals surface area (Å²) in [4.78, 5) is 11.7. The number of pyridine rings is 1. The van der Waals surface area contributed by atoms with Crippen molar-refractivity contribution in [3.63, 3.8) is 0 Å². The van der Waals surface area contributed by atoms with E-state index in [4.69, 9.17) is 0 Å². The number of anilines is 1. The van der Waals surface area contributed by atoms with Crippen molar-refractivity contribution in [1.29, 1.82) is 0 Å². The third-order valence-corrected chi connectivity index (χ3v) is 7.22. The summed E-state index contributed by atoms with van der Waals surface area (Å²) in [7, 11) is 0. The van der Waals surface area contributed by atoms with Gasteiger partial charge in [-0.2, -0.15) is 13.2 Å². The van der Waals surface area contributed by atoms with Crippen LogP contribution in [0.4, 0.5) is 18.9 Å². The number of aromatic amines is 1. The average Bonchev–Trinajstić information content (AvgIpc) is 3.51. The van der Waals surface area contributed by atoms with Crippen molar-refractivity contribution < 1.29 is 13.2 Å². The highest BCUT2D eigenvalue weighted by Crippen LogP contribution is 2.34. The molecule has 2 aliphatic heterocycles. The number of alkyl halides is 3. The molecule has 4 heterocycles. The maximum Gasteiger partial charge on any atom is 0.401 e. The van der Waals surface area contributed by atoms with Gasteiger partial charge in [0.25, 0.3) is 0 Å². The summed E-state index contributed by atoms with van der Waals surface area (Å²) < 4.78 is 37.9. The predicted octanol–water partition coefficient (Wildman–Crippen LogP) is 5.54. The van der Waals surface area contributed by atoms with Gasteiger partial charge in [-0.25, -0.2) is 4.98 Å². The maximum absolute atomic E-state index is 12.6. The molecule has 2 aromatic carbocycles. The summed E-state index contributed by atoms with van der Waals surface area (Å²) in [5.41, 5.74) is 9.08. The summed E-state index contributed by atoms with van der Waals surface area (Å²) in [6.07, 6.45) is 0.841. The molecule has 0 atom stereocenters. The first-order chi connectivity index (χ1) is 17.4. The molecular weight excluding hydrogens is 463 g/mol. The van der Waals surface area contributed by atoms with Gasteiger partial charge >= 0.3 is 6.18 Å². The van der Waals surface area contributed by atoms with E-state index in [1.54, 1.807) is 0 Å². The van der Waals surface area contributed by atoms with Crippen LogP contribution >= 0.6 is 0 Å². The van der Waals surface area contributed by atoms with Gasteiger partial charge in [-0.1, -0.05) is 30.3 Å². The number of halogens is 3. The molecule has 0 spiro atoms. The van der Waals surface area contributed by atoms with Crippen molar-refractivity contribution in [1.82, 2.24) is 19.8 Å². The zero-order chi connectivity index (χ0) is 24.7. The SMILES string of the molecule is FC(F)(F)CN1CCN(Cc2ccc(-c3cnc4[nH]cc(-c5ccc6c(c5)CCN6)c4c3)cc2)CC1. The molecule has 0 bridgehead atoms. The molecule has 2 N–H and O–H groups in total. The lowest BCUT2D eigenvalue weighted by molar-refractivity contribution is -0.149. The summed E-state index contributed by atoms with van der Waals surface area (Å²) in [6, 6.07) is 17.2. The van der Waals surface area contributed by atoms with Crippen LogP contribution < -0.4 is 5.32 Å². The zero-order valence-corrected chi connectivity index (χ0v) is 19.9. The van der Waals surface area contributed by atoms with Crippen LogP contribution in [0.1, 0.15) is 11.1 Å². The Morgan fingerprint density at radius 2 is 1.61 bits per heavy atom. The minimum Gasteiger partial charge on any atom is -0.384 e. The van der Waals surface area contributed by atoms with Gasteiger partial charge in [-0.15, -0.1) is 0 Å². The molecule has 36 heavy (non-hydrogen) atoms. The molecular formula is C28H28F3N5. The fourth-order valence-electron chi connectivity index (χ4n) is 5.29. The molecule has 4 aromatic rings. The monoisotopic (exact) mass is 491 g/mol. The van der Waals surface area contributed by atoms with Gasteiger partial charge in [0.1, 0.15) is 5.65 Å². The second-order valence-corrected chi connectivity index (χ2v) is 9.74. The second kappa shape index (κ2) is 9.26. The van der Waals surface area contributed by atoms with Gasteiger partial charge in [-0.3, -0.25) is 9.80 Å². The van der Waals surface area contributed by atoms with Gasteiger partial charge in [0.15, 0.2) is 0 Å².